The largest absolute Gasteiger partial charge is 0.342 e. The lowest BCUT2D eigenvalue weighted by atomic mass is 10.1. The summed E-state index contributed by atoms with van der Waals surface area (Å²) in [4.78, 5) is 14.4. The van der Waals surface area contributed by atoms with E-state index < -0.39 is 0 Å². The minimum atomic E-state index is 0.320. The van der Waals surface area contributed by atoms with E-state index >= 15 is 0 Å². The molecule has 5 nitrogen and oxygen atoms in total. The maximum atomic E-state index is 8.71. The van der Waals surface area contributed by atoms with Crippen LogP contribution < -0.4 is 0 Å². The van der Waals surface area contributed by atoms with Crippen molar-refractivity contribution in [1.29, 1.82) is 5.26 Å². The van der Waals surface area contributed by atoms with E-state index in [4.69, 9.17) is 5.26 Å². The Kier molecular flexibility index (Phi) is 1.95. The van der Waals surface area contributed by atoms with Gasteiger partial charge in [-0.2, -0.15) is 5.26 Å². The standard InChI is InChI=1S/C12H9N5/c1-7-15-9-3-2-8(4-10(9)16-7)11-6-14-12(5-13)17-11/h2-4,6H,1H3,(H,14,17)(H,15,16). The van der Waals surface area contributed by atoms with Crippen LogP contribution in [0.25, 0.3) is 22.3 Å². The summed E-state index contributed by atoms with van der Waals surface area (Å²) in [6.45, 7) is 1.92. The molecule has 2 heterocycles. The zero-order chi connectivity index (χ0) is 11.8. The summed E-state index contributed by atoms with van der Waals surface area (Å²) < 4.78 is 0. The van der Waals surface area contributed by atoms with Crippen LogP contribution in [0.4, 0.5) is 0 Å². The second-order valence-electron chi connectivity index (χ2n) is 3.81. The highest BCUT2D eigenvalue weighted by Gasteiger charge is 2.05. The fourth-order valence-electron chi connectivity index (χ4n) is 1.83. The Morgan fingerprint density at radius 1 is 1.29 bits per heavy atom. The second-order valence-corrected chi connectivity index (χ2v) is 3.81. The highest BCUT2D eigenvalue weighted by Crippen LogP contribution is 2.21. The molecule has 3 aromatic rings. The van der Waals surface area contributed by atoms with Gasteiger partial charge in [0.05, 0.1) is 22.9 Å². The van der Waals surface area contributed by atoms with Crippen molar-refractivity contribution in [3.63, 3.8) is 0 Å². The SMILES string of the molecule is Cc1nc2ccc(-c3cnc(C#N)[nH]3)cc2[nH]1. The minimum Gasteiger partial charge on any atom is -0.342 e. The quantitative estimate of drug-likeness (QED) is 0.663. The van der Waals surface area contributed by atoms with E-state index in [-0.39, 0.29) is 0 Å². The Bertz CT molecular complexity index is 729. The number of hydrogen-bond donors (Lipinski definition) is 2. The summed E-state index contributed by atoms with van der Waals surface area (Å²) in [5, 5.41) is 8.71. The molecular weight excluding hydrogens is 214 g/mol. The van der Waals surface area contributed by atoms with Crippen molar-refractivity contribution in [2.24, 2.45) is 0 Å². The van der Waals surface area contributed by atoms with Crippen molar-refractivity contribution in [2.75, 3.05) is 0 Å². The van der Waals surface area contributed by atoms with Gasteiger partial charge in [-0.3, -0.25) is 0 Å². The van der Waals surface area contributed by atoms with Gasteiger partial charge in [0, 0.05) is 5.56 Å². The van der Waals surface area contributed by atoms with Crippen molar-refractivity contribution in [2.45, 2.75) is 6.92 Å². The third-order valence-electron chi connectivity index (χ3n) is 2.59. The number of nitrogens with zero attached hydrogens (tertiary/aromatic N) is 3. The lowest BCUT2D eigenvalue weighted by Crippen LogP contribution is -1.79. The molecule has 0 fully saturated rings. The summed E-state index contributed by atoms with van der Waals surface area (Å²) in [6.07, 6.45) is 1.66. The van der Waals surface area contributed by atoms with Gasteiger partial charge in [-0.05, 0) is 19.1 Å². The normalized spacial score (nSPS) is 10.6. The van der Waals surface area contributed by atoms with Crippen LogP contribution in [0.5, 0.6) is 0 Å². The molecule has 2 aromatic heterocycles. The molecule has 0 aliphatic carbocycles. The maximum Gasteiger partial charge on any atom is 0.210 e. The van der Waals surface area contributed by atoms with Crippen molar-refractivity contribution in [3.8, 4) is 17.3 Å². The Hall–Kier alpha value is -2.61. The van der Waals surface area contributed by atoms with Crippen LogP contribution in [0.15, 0.2) is 24.4 Å². The number of fused-ring (bicyclic) bond motifs is 1. The number of hydrogen-bond acceptors (Lipinski definition) is 3. The molecule has 82 valence electrons. The zero-order valence-corrected chi connectivity index (χ0v) is 9.15. The van der Waals surface area contributed by atoms with E-state index in [9.17, 15) is 0 Å². The van der Waals surface area contributed by atoms with Crippen LogP contribution >= 0.6 is 0 Å². The number of aromatic nitrogens is 4. The third kappa shape index (κ3) is 1.56. The van der Waals surface area contributed by atoms with Crippen LogP contribution in [0.3, 0.4) is 0 Å². The van der Waals surface area contributed by atoms with Crippen molar-refractivity contribution >= 4 is 11.0 Å². The number of imidazole rings is 2. The van der Waals surface area contributed by atoms with E-state index in [1.54, 1.807) is 6.20 Å². The number of H-pyrrole nitrogens is 2. The smallest absolute Gasteiger partial charge is 0.210 e. The minimum absolute atomic E-state index is 0.320. The first kappa shape index (κ1) is 9.60. The molecule has 17 heavy (non-hydrogen) atoms. The molecule has 0 atom stereocenters. The summed E-state index contributed by atoms with van der Waals surface area (Å²) >= 11 is 0. The van der Waals surface area contributed by atoms with Crippen molar-refractivity contribution < 1.29 is 0 Å². The predicted molar refractivity (Wildman–Crippen MR) is 63.1 cm³/mol. The van der Waals surface area contributed by atoms with Crippen molar-refractivity contribution in [1.82, 2.24) is 19.9 Å². The maximum absolute atomic E-state index is 8.71. The van der Waals surface area contributed by atoms with E-state index in [2.05, 4.69) is 19.9 Å². The van der Waals surface area contributed by atoms with E-state index in [1.807, 2.05) is 31.2 Å². The summed E-state index contributed by atoms with van der Waals surface area (Å²) in [5.41, 5.74) is 3.73. The van der Waals surface area contributed by atoms with Crippen molar-refractivity contribution in [3.05, 3.63) is 36.0 Å². The fraction of sp³-hybridized carbons (Fsp3) is 0.0833. The topological polar surface area (TPSA) is 81.2 Å². The summed E-state index contributed by atoms with van der Waals surface area (Å²) in [7, 11) is 0. The Labute approximate surface area is 97.2 Å². The summed E-state index contributed by atoms with van der Waals surface area (Å²) in [5.74, 6) is 1.21. The van der Waals surface area contributed by atoms with Gasteiger partial charge in [0.1, 0.15) is 11.9 Å². The predicted octanol–water partition coefficient (Wildman–Crippen LogP) is 2.13. The first-order chi connectivity index (χ1) is 8.26. The summed E-state index contributed by atoms with van der Waals surface area (Å²) in [6, 6.07) is 7.86. The van der Waals surface area contributed by atoms with Gasteiger partial charge in [0.2, 0.25) is 5.82 Å². The van der Waals surface area contributed by atoms with E-state index in [0.29, 0.717) is 5.82 Å². The average Bonchev–Trinajstić information content (AvgIpc) is 2.92. The Morgan fingerprint density at radius 3 is 2.94 bits per heavy atom. The first-order valence-corrected chi connectivity index (χ1v) is 5.18. The van der Waals surface area contributed by atoms with Crippen LogP contribution in [0.2, 0.25) is 0 Å². The molecular formula is C12H9N5. The number of nitriles is 1. The molecule has 0 aliphatic rings. The van der Waals surface area contributed by atoms with Gasteiger partial charge in [-0.15, -0.1) is 0 Å². The number of aromatic amines is 2. The van der Waals surface area contributed by atoms with E-state index in [0.717, 1.165) is 28.1 Å². The van der Waals surface area contributed by atoms with Gasteiger partial charge in [-0.25, -0.2) is 9.97 Å². The van der Waals surface area contributed by atoms with E-state index in [1.165, 1.54) is 0 Å². The molecule has 3 rings (SSSR count). The molecule has 0 amide bonds. The third-order valence-corrected chi connectivity index (χ3v) is 2.59. The average molecular weight is 223 g/mol. The first-order valence-electron chi connectivity index (χ1n) is 5.18. The molecule has 0 radical (unpaired) electrons. The van der Waals surface area contributed by atoms with Crippen LogP contribution in [0.1, 0.15) is 11.6 Å². The number of rotatable bonds is 1. The van der Waals surface area contributed by atoms with Crippen LogP contribution in [-0.2, 0) is 0 Å². The number of aryl methyl sites for hydroxylation is 1. The van der Waals surface area contributed by atoms with Crippen LogP contribution in [0, 0.1) is 18.3 Å². The highest BCUT2D eigenvalue weighted by atomic mass is 14.9. The zero-order valence-electron chi connectivity index (χ0n) is 9.15. The molecule has 5 heteroatoms. The molecule has 0 aliphatic heterocycles. The van der Waals surface area contributed by atoms with Gasteiger partial charge in [-0.1, -0.05) is 6.07 Å². The molecule has 0 unspecified atom stereocenters. The fourth-order valence-corrected chi connectivity index (χ4v) is 1.83. The van der Waals surface area contributed by atoms with Crippen LogP contribution in [-0.4, -0.2) is 19.9 Å². The molecule has 0 bridgehead atoms. The van der Waals surface area contributed by atoms with Gasteiger partial charge < -0.3 is 9.97 Å². The lowest BCUT2D eigenvalue weighted by Gasteiger charge is -1.96. The Balaban J connectivity index is 2.14. The van der Waals surface area contributed by atoms with Gasteiger partial charge >= 0.3 is 0 Å². The van der Waals surface area contributed by atoms with Gasteiger partial charge in [0.25, 0.3) is 0 Å². The molecule has 2 N–H and O–H groups in total. The monoisotopic (exact) mass is 223 g/mol. The molecule has 0 saturated carbocycles. The molecule has 0 saturated heterocycles. The lowest BCUT2D eigenvalue weighted by molar-refractivity contribution is 1.17. The number of benzene rings is 1. The molecule has 0 spiro atoms. The second kappa shape index (κ2) is 3.46. The number of nitrogens with one attached hydrogen (secondary N) is 2. The molecule has 1 aromatic carbocycles. The Morgan fingerprint density at radius 2 is 2.18 bits per heavy atom. The van der Waals surface area contributed by atoms with Gasteiger partial charge in [0.15, 0.2) is 0 Å². The highest BCUT2D eigenvalue weighted by molar-refractivity contribution is 5.81.